The summed E-state index contributed by atoms with van der Waals surface area (Å²) in [5, 5.41) is 15.5. The summed E-state index contributed by atoms with van der Waals surface area (Å²) in [5.74, 6) is -0.707. The smallest absolute Gasteiger partial charge is 0.271 e. The fourth-order valence-electron chi connectivity index (χ4n) is 2.56. The lowest BCUT2D eigenvalue weighted by Gasteiger charge is -1.99. The van der Waals surface area contributed by atoms with Gasteiger partial charge in [0.25, 0.3) is 11.6 Å². The summed E-state index contributed by atoms with van der Waals surface area (Å²) < 4.78 is 1.50. The number of nitro benzene ring substituents is 1. The maximum absolute atomic E-state index is 12.1. The average molecular weight is 350 g/mol. The van der Waals surface area contributed by atoms with E-state index in [0.717, 1.165) is 10.9 Å². The first-order valence-electron chi connectivity index (χ1n) is 7.66. The van der Waals surface area contributed by atoms with Gasteiger partial charge in [0.2, 0.25) is 5.91 Å². The van der Waals surface area contributed by atoms with Crippen LogP contribution in [-0.2, 0) is 0 Å². The standard InChI is InChI=1S/C18H14N4O4/c1-12(23)21-11-14(16-7-2-3-8-17(16)21)10-19-20-18(24)13-5-4-6-15(9-13)22(25)26/h2-11H,1H3,(H,20,24)/b19-10-. The van der Waals surface area contributed by atoms with Crippen molar-refractivity contribution in [3.63, 3.8) is 0 Å². The molecule has 1 heterocycles. The van der Waals surface area contributed by atoms with Crippen LogP contribution in [0, 0.1) is 10.1 Å². The molecule has 0 fully saturated rings. The number of hydrogen-bond donors (Lipinski definition) is 1. The number of amides is 1. The Kier molecular flexibility index (Phi) is 4.57. The molecule has 0 aliphatic heterocycles. The monoisotopic (exact) mass is 350 g/mol. The Hall–Kier alpha value is -3.81. The SMILES string of the molecule is CC(=O)n1cc(/C=N\NC(=O)c2cccc([N+](=O)[O-])c2)c2ccccc21. The van der Waals surface area contributed by atoms with Crippen LogP contribution in [0.25, 0.3) is 10.9 Å². The number of nitro groups is 1. The van der Waals surface area contributed by atoms with Gasteiger partial charge in [0.05, 0.1) is 16.7 Å². The third-order valence-electron chi connectivity index (χ3n) is 3.77. The van der Waals surface area contributed by atoms with Crippen molar-refractivity contribution in [1.29, 1.82) is 0 Å². The van der Waals surface area contributed by atoms with Gasteiger partial charge in [-0.25, -0.2) is 5.43 Å². The summed E-state index contributed by atoms with van der Waals surface area (Å²) >= 11 is 0. The molecule has 1 N–H and O–H groups in total. The summed E-state index contributed by atoms with van der Waals surface area (Å²) in [5.41, 5.74) is 3.69. The van der Waals surface area contributed by atoms with Gasteiger partial charge in [-0.2, -0.15) is 5.10 Å². The van der Waals surface area contributed by atoms with Gasteiger partial charge in [-0.15, -0.1) is 0 Å². The van der Waals surface area contributed by atoms with Crippen molar-refractivity contribution < 1.29 is 14.5 Å². The Bertz CT molecular complexity index is 1050. The van der Waals surface area contributed by atoms with Crippen LogP contribution in [0.15, 0.2) is 59.8 Å². The van der Waals surface area contributed by atoms with Crippen molar-refractivity contribution in [2.45, 2.75) is 6.92 Å². The number of nitrogens with one attached hydrogen (secondary N) is 1. The summed E-state index contributed by atoms with van der Waals surface area (Å²) in [6, 6.07) is 12.7. The number of hydrogen-bond acceptors (Lipinski definition) is 5. The third-order valence-corrected chi connectivity index (χ3v) is 3.77. The van der Waals surface area contributed by atoms with Crippen molar-refractivity contribution in [3.8, 4) is 0 Å². The molecule has 3 aromatic rings. The third kappa shape index (κ3) is 3.34. The van der Waals surface area contributed by atoms with Gasteiger partial charge >= 0.3 is 0 Å². The van der Waals surface area contributed by atoms with Crippen LogP contribution in [0.2, 0.25) is 0 Å². The van der Waals surface area contributed by atoms with Crippen molar-refractivity contribution in [3.05, 3.63) is 76.0 Å². The van der Waals surface area contributed by atoms with Crippen molar-refractivity contribution in [2.24, 2.45) is 5.10 Å². The first-order valence-corrected chi connectivity index (χ1v) is 7.66. The van der Waals surface area contributed by atoms with E-state index in [4.69, 9.17) is 0 Å². The minimum atomic E-state index is -0.573. The first-order chi connectivity index (χ1) is 12.5. The van der Waals surface area contributed by atoms with E-state index >= 15 is 0 Å². The number of carbonyl (C=O) groups excluding carboxylic acids is 2. The summed E-state index contributed by atoms with van der Waals surface area (Å²) in [7, 11) is 0. The molecule has 1 amide bonds. The number of hydrazone groups is 1. The number of non-ortho nitro benzene ring substituents is 1. The van der Waals surface area contributed by atoms with Gasteiger partial charge in [0.1, 0.15) is 0 Å². The lowest BCUT2D eigenvalue weighted by Crippen LogP contribution is -2.17. The Labute approximate surface area is 147 Å². The lowest BCUT2D eigenvalue weighted by atomic mass is 10.2. The maximum Gasteiger partial charge on any atom is 0.271 e. The molecule has 0 aliphatic rings. The van der Waals surface area contributed by atoms with Crippen LogP contribution in [0.3, 0.4) is 0 Å². The molecule has 3 rings (SSSR count). The topological polar surface area (TPSA) is 107 Å². The zero-order valence-electron chi connectivity index (χ0n) is 13.7. The van der Waals surface area contributed by atoms with Gasteiger partial charge in [-0.1, -0.05) is 24.3 Å². The molecule has 0 saturated heterocycles. The fraction of sp³-hybridized carbons (Fsp3) is 0.0556. The minimum Gasteiger partial charge on any atom is -0.287 e. The molecule has 0 aliphatic carbocycles. The maximum atomic E-state index is 12.1. The van der Waals surface area contributed by atoms with Crippen LogP contribution in [0.5, 0.6) is 0 Å². The van der Waals surface area contributed by atoms with Crippen LogP contribution < -0.4 is 5.43 Å². The zero-order chi connectivity index (χ0) is 18.7. The van der Waals surface area contributed by atoms with Crippen LogP contribution in [0.1, 0.15) is 27.6 Å². The molecule has 0 spiro atoms. The van der Waals surface area contributed by atoms with Crippen LogP contribution >= 0.6 is 0 Å². The van der Waals surface area contributed by atoms with Crippen LogP contribution in [-0.4, -0.2) is 27.5 Å². The second kappa shape index (κ2) is 6.98. The number of benzene rings is 2. The molecule has 0 atom stereocenters. The number of rotatable bonds is 4. The predicted molar refractivity (Wildman–Crippen MR) is 96.4 cm³/mol. The molecule has 26 heavy (non-hydrogen) atoms. The highest BCUT2D eigenvalue weighted by atomic mass is 16.6. The quantitative estimate of drug-likeness (QED) is 0.443. The number of carbonyl (C=O) groups is 2. The second-order valence-corrected chi connectivity index (χ2v) is 5.50. The van der Waals surface area contributed by atoms with Gasteiger partial charge in [-0.05, 0) is 12.1 Å². The summed E-state index contributed by atoms with van der Waals surface area (Å²) in [4.78, 5) is 34.0. The summed E-state index contributed by atoms with van der Waals surface area (Å²) in [6.07, 6.45) is 3.06. The fourth-order valence-corrected chi connectivity index (χ4v) is 2.56. The van der Waals surface area contributed by atoms with E-state index < -0.39 is 10.8 Å². The Morgan fingerprint density at radius 1 is 1.19 bits per heavy atom. The second-order valence-electron chi connectivity index (χ2n) is 5.50. The number of nitrogens with zero attached hydrogens (tertiary/aromatic N) is 3. The number of fused-ring (bicyclic) bond motifs is 1. The Morgan fingerprint density at radius 2 is 1.96 bits per heavy atom. The highest BCUT2D eigenvalue weighted by Gasteiger charge is 2.11. The normalized spacial score (nSPS) is 11.0. The Morgan fingerprint density at radius 3 is 2.69 bits per heavy atom. The van der Waals surface area contributed by atoms with Crippen LogP contribution in [0.4, 0.5) is 5.69 Å². The average Bonchev–Trinajstić information content (AvgIpc) is 3.01. The van der Waals surface area contributed by atoms with E-state index in [2.05, 4.69) is 10.5 Å². The molecule has 8 heteroatoms. The van der Waals surface area contributed by atoms with E-state index in [1.165, 1.54) is 42.0 Å². The van der Waals surface area contributed by atoms with E-state index in [1.807, 2.05) is 24.3 Å². The molecule has 0 saturated carbocycles. The lowest BCUT2D eigenvalue weighted by molar-refractivity contribution is -0.384. The van der Waals surface area contributed by atoms with E-state index in [-0.39, 0.29) is 17.2 Å². The molecular weight excluding hydrogens is 336 g/mol. The van der Waals surface area contributed by atoms with Crippen molar-refractivity contribution in [2.75, 3.05) is 0 Å². The highest BCUT2D eigenvalue weighted by Crippen LogP contribution is 2.19. The zero-order valence-corrected chi connectivity index (χ0v) is 13.7. The van der Waals surface area contributed by atoms with E-state index in [1.54, 1.807) is 6.20 Å². The molecule has 0 unspecified atom stereocenters. The Balaban J connectivity index is 1.82. The van der Waals surface area contributed by atoms with Crippen molar-refractivity contribution in [1.82, 2.24) is 9.99 Å². The molecule has 1 aromatic heterocycles. The van der Waals surface area contributed by atoms with Crippen molar-refractivity contribution >= 4 is 34.6 Å². The minimum absolute atomic E-state index is 0.127. The number of aromatic nitrogens is 1. The molecule has 8 nitrogen and oxygen atoms in total. The molecule has 0 radical (unpaired) electrons. The molecule has 0 bridgehead atoms. The molecule has 130 valence electrons. The van der Waals surface area contributed by atoms with Gasteiger partial charge in [-0.3, -0.25) is 24.3 Å². The largest absolute Gasteiger partial charge is 0.287 e. The van der Waals surface area contributed by atoms with Gasteiger partial charge in [0, 0.05) is 41.8 Å². The molecule has 2 aromatic carbocycles. The van der Waals surface area contributed by atoms with E-state index in [0.29, 0.717) is 5.56 Å². The highest BCUT2D eigenvalue weighted by molar-refractivity contribution is 6.03. The van der Waals surface area contributed by atoms with Gasteiger partial charge < -0.3 is 0 Å². The summed E-state index contributed by atoms with van der Waals surface area (Å²) in [6.45, 7) is 1.46. The predicted octanol–water partition coefficient (Wildman–Crippen LogP) is 2.97. The van der Waals surface area contributed by atoms with E-state index in [9.17, 15) is 19.7 Å². The molecular formula is C18H14N4O4. The number of para-hydroxylation sites is 1. The first kappa shape index (κ1) is 17.0. The van der Waals surface area contributed by atoms with Gasteiger partial charge in [0.15, 0.2) is 0 Å².